The fourth-order valence-corrected chi connectivity index (χ4v) is 1.17. The van der Waals surface area contributed by atoms with Gasteiger partial charge < -0.3 is 9.64 Å². The van der Waals surface area contributed by atoms with Crippen LogP contribution in [0.3, 0.4) is 0 Å². The Bertz CT molecular complexity index is 273. The molecule has 0 saturated carbocycles. The summed E-state index contributed by atoms with van der Waals surface area (Å²) in [5.74, 6) is 0. The molecule has 0 fully saturated rings. The van der Waals surface area contributed by atoms with Gasteiger partial charge in [-0.15, -0.1) is 0 Å². The van der Waals surface area contributed by atoms with E-state index in [-0.39, 0.29) is 0 Å². The molecule has 15 heavy (non-hydrogen) atoms. The number of rotatable bonds is 1. The summed E-state index contributed by atoms with van der Waals surface area (Å²) in [6.45, 7) is 1.13. The highest BCUT2D eigenvalue weighted by molar-refractivity contribution is 5.68. The van der Waals surface area contributed by atoms with E-state index in [2.05, 4.69) is 4.74 Å². The Balaban J connectivity index is 2.36. The van der Waals surface area contributed by atoms with Crippen LogP contribution in [0, 0.1) is 0 Å². The number of amides is 1. The predicted molar refractivity (Wildman–Crippen MR) is 47.4 cm³/mol. The van der Waals surface area contributed by atoms with E-state index in [4.69, 9.17) is 0 Å². The predicted octanol–water partition coefficient (Wildman–Crippen LogP) is 2.34. The highest BCUT2D eigenvalue weighted by Crippen LogP contribution is 2.16. The summed E-state index contributed by atoms with van der Waals surface area (Å²) in [7, 11) is 0. The van der Waals surface area contributed by atoms with Gasteiger partial charge in [-0.05, 0) is 13.3 Å². The Morgan fingerprint density at radius 3 is 2.73 bits per heavy atom. The van der Waals surface area contributed by atoms with E-state index in [0.29, 0.717) is 19.5 Å². The Morgan fingerprint density at radius 2 is 2.27 bits per heavy atom. The third kappa shape index (κ3) is 4.22. The molecule has 3 nitrogen and oxygen atoms in total. The second-order valence-corrected chi connectivity index (χ2v) is 3.42. The number of ether oxygens (including phenoxy) is 1. The Kier molecular flexibility index (Phi) is 3.60. The molecular formula is C9H12F3NO2. The molecule has 0 spiro atoms. The summed E-state index contributed by atoms with van der Waals surface area (Å²) in [6.07, 6.45) is -2.88. The summed E-state index contributed by atoms with van der Waals surface area (Å²) in [4.78, 5) is 12.4. The van der Waals surface area contributed by atoms with Crippen molar-refractivity contribution in [1.29, 1.82) is 0 Å². The van der Waals surface area contributed by atoms with Gasteiger partial charge in [0, 0.05) is 13.1 Å². The maximum absolute atomic E-state index is 11.7. The minimum absolute atomic E-state index is 0.322. The van der Waals surface area contributed by atoms with Crippen molar-refractivity contribution in [3.8, 4) is 0 Å². The van der Waals surface area contributed by atoms with Gasteiger partial charge in [0.25, 0.3) is 0 Å². The third-order valence-electron chi connectivity index (χ3n) is 2.05. The van der Waals surface area contributed by atoms with Crippen molar-refractivity contribution < 1.29 is 22.7 Å². The fourth-order valence-electron chi connectivity index (χ4n) is 1.17. The smallest absolute Gasteiger partial charge is 0.422 e. The number of hydrogen-bond donors (Lipinski definition) is 0. The zero-order valence-electron chi connectivity index (χ0n) is 8.30. The first-order chi connectivity index (χ1) is 6.88. The number of carbonyl (C=O) groups excluding carboxylic acids is 1. The average Bonchev–Trinajstić information content (AvgIpc) is 2.14. The van der Waals surface area contributed by atoms with E-state index in [1.165, 1.54) is 4.90 Å². The molecule has 6 heteroatoms. The van der Waals surface area contributed by atoms with Gasteiger partial charge in [-0.3, -0.25) is 0 Å². The lowest BCUT2D eigenvalue weighted by molar-refractivity contribution is -0.162. The van der Waals surface area contributed by atoms with Crippen LogP contribution < -0.4 is 0 Å². The van der Waals surface area contributed by atoms with Crippen molar-refractivity contribution in [2.75, 3.05) is 19.7 Å². The van der Waals surface area contributed by atoms with E-state index in [1.807, 2.05) is 6.92 Å². The molecule has 1 amide bonds. The van der Waals surface area contributed by atoms with Gasteiger partial charge in [0.1, 0.15) is 0 Å². The van der Waals surface area contributed by atoms with Crippen LogP contribution in [0.15, 0.2) is 11.6 Å². The zero-order chi connectivity index (χ0) is 11.5. The second-order valence-electron chi connectivity index (χ2n) is 3.42. The molecular weight excluding hydrogens is 211 g/mol. The Hall–Kier alpha value is -1.20. The monoisotopic (exact) mass is 223 g/mol. The molecule has 0 aromatic rings. The summed E-state index contributed by atoms with van der Waals surface area (Å²) in [5, 5.41) is 0. The minimum Gasteiger partial charge on any atom is -0.440 e. The van der Waals surface area contributed by atoms with Gasteiger partial charge in [-0.25, -0.2) is 4.79 Å². The van der Waals surface area contributed by atoms with Crippen LogP contribution in [0.5, 0.6) is 0 Å². The fraction of sp³-hybridized carbons (Fsp3) is 0.667. The molecule has 1 aliphatic rings. The minimum atomic E-state index is -4.46. The Morgan fingerprint density at radius 1 is 1.60 bits per heavy atom. The summed E-state index contributed by atoms with van der Waals surface area (Å²) >= 11 is 0. The van der Waals surface area contributed by atoms with E-state index in [0.717, 1.165) is 5.57 Å². The van der Waals surface area contributed by atoms with Crippen molar-refractivity contribution in [3.63, 3.8) is 0 Å². The van der Waals surface area contributed by atoms with Crippen LogP contribution in [0.1, 0.15) is 13.3 Å². The van der Waals surface area contributed by atoms with Crippen molar-refractivity contribution in [2.45, 2.75) is 19.5 Å². The van der Waals surface area contributed by atoms with Gasteiger partial charge in [-0.2, -0.15) is 13.2 Å². The molecule has 0 radical (unpaired) electrons. The lowest BCUT2D eigenvalue weighted by atomic mass is 10.1. The van der Waals surface area contributed by atoms with Crippen molar-refractivity contribution >= 4 is 6.09 Å². The van der Waals surface area contributed by atoms with Crippen molar-refractivity contribution in [3.05, 3.63) is 11.6 Å². The lowest BCUT2D eigenvalue weighted by Gasteiger charge is -2.24. The van der Waals surface area contributed by atoms with Gasteiger partial charge >= 0.3 is 12.3 Å². The Labute approximate surface area is 85.5 Å². The number of nitrogens with zero attached hydrogens (tertiary/aromatic N) is 1. The standard InChI is InChI=1S/C9H12F3NO2/c1-7-2-4-13(5-3-7)8(14)15-6-9(10,11)12/h2H,3-6H2,1H3. The van der Waals surface area contributed by atoms with Gasteiger partial charge in [0.2, 0.25) is 0 Å². The van der Waals surface area contributed by atoms with Crippen LogP contribution in [-0.4, -0.2) is 36.9 Å². The first kappa shape index (κ1) is 11.9. The average molecular weight is 223 g/mol. The third-order valence-corrected chi connectivity index (χ3v) is 2.05. The largest absolute Gasteiger partial charge is 0.440 e. The summed E-state index contributed by atoms with van der Waals surface area (Å²) in [5.41, 5.74) is 1.13. The number of alkyl halides is 3. The summed E-state index contributed by atoms with van der Waals surface area (Å²) < 4.78 is 39.3. The van der Waals surface area contributed by atoms with E-state index >= 15 is 0 Å². The molecule has 1 heterocycles. The van der Waals surface area contributed by atoms with Gasteiger partial charge in [0.15, 0.2) is 6.61 Å². The maximum Gasteiger partial charge on any atom is 0.422 e. The molecule has 0 aliphatic carbocycles. The van der Waals surface area contributed by atoms with Crippen LogP contribution in [0.4, 0.5) is 18.0 Å². The van der Waals surface area contributed by atoms with Crippen molar-refractivity contribution in [1.82, 2.24) is 4.90 Å². The first-order valence-corrected chi connectivity index (χ1v) is 4.52. The zero-order valence-corrected chi connectivity index (χ0v) is 8.30. The number of halogens is 3. The molecule has 1 rings (SSSR count). The molecule has 1 aliphatic heterocycles. The van der Waals surface area contributed by atoms with Crippen LogP contribution in [0.25, 0.3) is 0 Å². The SMILES string of the molecule is CC1=CCN(C(=O)OCC(F)(F)F)CC1. The van der Waals surface area contributed by atoms with Gasteiger partial charge in [0.05, 0.1) is 0 Å². The van der Waals surface area contributed by atoms with Crippen LogP contribution >= 0.6 is 0 Å². The normalized spacial score (nSPS) is 17.3. The highest BCUT2D eigenvalue weighted by atomic mass is 19.4. The molecule has 0 bridgehead atoms. The highest BCUT2D eigenvalue weighted by Gasteiger charge is 2.30. The molecule has 0 aromatic carbocycles. The second kappa shape index (κ2) is 4.55. The molecule has 0 atom stereocenters. The quantitative estimate of drug-likeness (QED) is 0.638. The maximum atomic E-state index is 11.7. The number of hydrogen-bond acceptors (Lipinski definition) is 2. The van der Waals surface area contributed by atoms with Crippen LogP contribution in [0.2, 0.25) is 0 Å². The molecule has 0 aromatic heterocycles. The molecule has 0 unspecified atom stereocenters. The summed E-state index contributed by atoms with van der Waals surface area (Å²) in [6, 6.07) is 0. The van der Waals surface area contributed by atoms with Gasteiger partial charge in [-0.1, -0.05) is 11.6 Å². The first-order valence-electron chi connectivity index (χ1n) is 4.52. The van der Waals surface area contributed by atoms with E-state index in [1.54, 1.807) is 6.08 Å². The van der Waals surface area contributed by atoms with Crippen LogP contribution in [-0.2, 0) is 4.74 Å². The van der Waals surface area contributed by atoms with E-state index in [9.17, 15) is 18.0 Å². The molecule has 0 N–H and O–H groups in total. The van der Waals surface area contributed by atoms with Crippen molar-refractivity contribution in [2.24, 2.45) is 0 Å². The molecule has 0 saturated heterocycles. The lowest BCUT2D eigenvalue weighted by Crippen LogP contribution is -2.36. The number of carbonyl (C=O) groups is 1. The van der Waals surface area contributed by atoms with E-state index < -0.39 is 18.9 Å². The topological polar surface area (TPSA) is 29.5 Å². The molecule has 86 valence electrons.